The predicted molar refractivity (Wildman–Crippen MR) is 48.2 cm³/mol. The zero-order valence-electron chi connectivity index (χ0n) is 8.35. The molecule has 0 atom stereocenters. The number of halogens is 1. The van der Waals surface area contributed by atoms with Crippen molar-refractivity contribution < 1.29 is 19.0 Å². The van der Waals surface area contributed by atoms with Gasteiger partial charge in [-0.15, -0.1) is 0 Å². The summed E-state index contributed by atoms with van der Waals surface area (Å²) < 4.78 is 17.6. The molecule has 0 radical (unpaired) electrons. The van der Waals surface area contributed by atoms with E-state index >= 15 is 0 Å². The summed E-state index contributed by atoms with van der Waals surface area (Å²) in [6.45, 7) is 0.866. The first-order valence-electron chi connectivity index (χ1n) is 4.50. The molecule has 0 N–H and O–H groups in total. The van der Waals surface area contributed by atoms with Crippen LogP contribution in [-0.4, -0.2) is 29.0 Å². The molecular weight excluding hydrogens is 211 g/mol. The van der Waals surface area contributed by atoms with Crippen LogP contribution in [0.15, 0.2) is 0 Å². The fourth-order valence-electron chi connectivity index (χ4n) is 0.828. The molecule has 0 bridgehead atoms. The highest BCUT2D eigenvalue weighted by Crippen LogP contribution is 2.13. The molecule has 0 amide bonds. The average Bonchev–Trinajstić information content (AvgIpc) is 2.16. The summed E-state index contributed by atoms with van der Waals surface area (Å²) in [5.74, 6) is -3.73. The van der Waals surface area contributed by atoms with Gasteiger partial charge in [0.2, 0.25) is 6.61 Å². The molecule has 7 nitrogen and oxygen atoms in total. The Kier molecular flexibility index (Phi) is 5.68. The summed E-state index contributed by atoms with van der Waals surface area (Å²) in [7, 11) is 0. The second-order valence-electron chi connectivity index (χ2n) is 2.99. The van der Waals surface area contributed by atoms with E-state index in [0.717, 1.165) is 12.8 Å². The third kappa shape index (κ3) is 4.15. The number of nitro groups is 2. The highest BCUT2D eigenvalue weighted by molar-refractivity contribution is 4.50. The number of ether oxygens (including phenoxy) is 1. The number of hydrogen-bond acceptors (Lipinski definition) is 5. The Morgan fingerprint density at radius 3 is 2.20 bits per heavy atom. The van der Waals surface area contributed by atoms with Crippen LogP contribution in [0.5, 0.6) is 0 Å². The molecule has 0 aliphatic heterocycles. The van der Waals surface area contributed by atoms with E-state index in [2.05, 4.69) is 4.74 Å². The molecule has 0 aliphatic carbocycles. The van der Waals surface area contributed by atoms with Gasteiger partial charge in [0.1, 0.15) is 9.85 Å². The Hall–Kier alpha value is -1.31. The van der Waals surface area contributed by atoms with Crippen molar-refractivity contribution in [2.24, 2.45) is 0 Å². The van der Waals surface area contributed by atoms with Crippen LogP contribution >= 0.6 is 0 Å². The maximum Gasteiger partial charge on any atom is 0.637 e. The van der Waals surface area contributed by atoms with Gasteiger partial charge in [-0.2, -0.15) is 0 Å². The molecule has 15 heavy (non-hydrogen) atoms. The van der Waals surface area contributed by atoms with Gasteiger partial charge in [-0.3, -0.25) is 20.2 Å². The highest BCUT2D eigenvalue weighted by atomic mass is 19.2. The predicted octanol–water partition coefficient (Wildman–Crippen LogP) is 1.37. The van der Waals surface area contributed by atoms with Crippen LogP contribution in [0.3, 0.4) is 0 Å². The van der Waals surface area contributed by atoms with Gasteiger partial charge in [0, 0.05) is 6.61 Å². The van der Waals surface area contributed by atoms with Crippen molar-refractivity contribution in [3.63, 3.8) is 0 Å². The van der Waals surface area contributed by atoms with Gasteiger partial charge in [-0.1, -0.05) is 24.2 Å². The standard InChI is InChI=1S/C7H13FN2O5/c1-2-3-4-5-15-6-7(8,9(11)12)10(13)14/h2-6H2,1H3. The zero-order chi connectivity index (χ0) is 11.9. The lowest BCUT2D eigenvalue weighted by atomic mass is 10.3. The second kappa shape index (κ2) is 6.23. The van der Waals surface area contributed by atoms with Crippen molar-refractivity contribution in [2.75, 3.05) is 13.2 Å². The van der Waals surface area contributed by atoms with E-state index in [1.807, 2.05) is 6.92 Å². The fourth-order valence-corrected chi connectivity index (χ4v) is 0.828. The molecule has 0 heterocycles. The van der Waals surface area contributed by atoms with Gasteiger partial charge in [0.15, 0.2) is 0 Å². The number of alkyl halides is 1. The Balaban J connectivity index is 3.99. The molecule has 0 spiro atoms. The largest absolute Gasteiger partial charge is 0.637 e. The molecule has 8 heteroatoms. The number of unbranched alkanes of at least 4 members (excludes halogenated alkanes) is 2. The average molecular weight is 224 g/mol. The first-order valence-corrected chi connectivity index (χ1v) is 4.50. The molecule has 0 unspecified atom stereocenters. The van der Waals surface area contributed by atoms with E-state index in [1.54, 1.807) is 0 Å². The second-order valence-corrected chi connectivity index (χ2v) is 2.99. The molecule has 0 aromatic carbocycles. The number of hydrogen-bond donors (Lipinski definition) is 0. The van der Waals surface area contributed by atoms with Crippen LogP contribution in [0.1, 0.15) is 26.2 Å². The van der Waals surface area contributed by atoms with Crippen molar-refractivity contribution >= 4 is 0 Å². The maximum absolute atomic E-state index is 13.0. The van der Waals surface area contributed by atoms with E-state index in [0.29, 0.717) is 6.42 Å². The van der Waals surface area contributed by atoms with Crippen molar-refractivity contribution in [1.82, 2.24) is 0 Å². The minimum atomic E-state index is -3.73. The maximum atomic E-state index is 13.0. The third-order valence-electron chi connectivity index (χ3n) is 1.74. The van der Waals surface area contributed by atoms with Gasteiger partial charge in [0.25, 0.3) is 0 Å². The van der Waals surface area contributed by atoms with E-state index in [1.165, 1.54) is 0 Å². The highest BCUT2D eigenvalue weighted by Gasteiger charge is 2.58. The van der Waals surface area contributed by atoms with E-state index in [9.17, 15) is 24.6 Å². The van der Waals surface area contributed by atoms with Crippen LogP contribution in [0.4, 0.5) is 4.39 Å². The van der Waals surface area contributed by atoms with Gasteiger partial charge < -0.3 is 4.74 Å². The van der Waals surface area contributed by atoms with Crippen molar-refractivity contribution in [3.8, 4) is 0 Å². The molecule has 0 aliphatic rings. The van der Waals surface area contributed by atoms with Crippen LogP contribution in [0.25, 0.3) is 0 Å². The zero-order valence-corrected chi connectivity index (χ0v) is 8.35. The first-order chi connectivity index (χ1) is 6.95. The smallest absolute Gasteiger partial charge is 0.364 e. The molecule has 0 rings (SSSR count). The van der Waals surface area contributed by atoms with Crippen molar-refractivity contribution in [3.05, 3.63) is 20.2 Å². The lowest BCUT2D eigenvalue weighted by Gasteiger charge is -2.08. The van der Waals surface area contributed by atoms with Gasteiger partial charge in [-0.25, -0.2) is 0 Å². The van der Waals surface area contributed by atoms with Gasteiger partial charge in [-0.05, 0) is 6.42 Å². The quantitative estimate of drug-likeness (QED) is 0.204. The van der Waals surface area contributed by atoms with E-state index < -0.39 is 22.4 Å². The third-order valence-corrected chi connectivity index (χ3v) is 1.74. The lowest BCUT2D eigenvalue weighted by molar-refractivity contribution is -0.833. The monoisotopic (exact) mass is 224 g/mol. The first kappa shape index (κ1) is 13.7. The summed E-state index contributed by atoms with van der Waals surface area (Å²) in [4.78, 5) is 17.0. The van der Waals surface area contributed by atoms with Gasteiger partial charge >= 0.3 is 5.92 Å². The Morgan fingerprint density at radius 1 is 1.27 bits per heavy atom. The minimum absolute atomic E-state index is 0.0845. The van der Waals surface area contributed by atoms with E-state index in [4.69, 9.17) is 0 Å². The van der Waals surface area contributed by atoms with Crippen LogP contribution in [0, 0.1) is 20.2 Å². The molecule has 0 aromatic rings. The van der Waals surface area contributed by atoms with Crippen LogP contribution in [0.2, 0.25) is 0 Å². The van der Waals surface area contributed by atoms with Crippen LogP contribution in [-0.2, 0) is 4.74 Å². The summed E-state index contributed by atoms with van der Waals surface area (Å²) >= 11 is 0. The molecule has 88 valence electrons. The topological polar surface area (TPSA) is 95.5 Å². The summed E-state index contributed by atoms with van der Waals surface area (Å²) in [6.07, 6.45) is 2.34. The SMILES string of the molecule is CCCCCOCC(F)([N+](=O)[O-])[N+](=O)[O-]. The van der Waals surface area contributed by atoms with Crippen molar-refractivity contribution in [2.45, 2.75) is 32.1 Å². The molecular formula is C7H13FN2O5. The van der Waals surface area contributed by atoms with Gasteiger partial charge in [0.05, 0.1) is 0 Å². The normalized spacial score (nSPS) is 11.3. The van der Waals surface area contributed by atoms with E-state index in [-0.39, 0.29) is 6.61 Å². The summed E-state index contributed by atoms with van der Waals surface area (Å²) in [5.41, 5.74) is 0. The molecule has 0 saturated carbocycles. The lowest BCUT2D eigenvalue weighted by Crippen LogP contribution is -2.46. The Bertz CT molecular complexity index is 221. The molecule has 0 fully saturated rings. The fraction of sp³-hybridized carbons (Fsp3) is 1.00. The number of nitrogens with zero attached hydrogens (tertiary/aromatic N) is 2. The van der Waals surface area contributed by atoms with Crippen molar-refractivity contribution in [1.29, 1.82) is 0 Å². The Labute approximate surface area is 85.5 Å². The summed E-state index contributed by atoms with van der Waals surface area (Å²) in [6, 6.07) is 0. The number of rotatable bonds is 8. The summed E-state index contributed by atoms with van der Waals surface area (Å²) in [5, 5.41) is 20.2. The molecule has 0 saturated heterocycles. The van der Waals surface area contributed by atoms with Crippen LogP contribution < -0.4 is 0 Å². The molecule has 0 aromatic heterocycles. The minimum Gasteiger partial charge on any atom is -0.364 e. The Morgan fingerprint density at radius 2 is 1.80 bits per heavy atom.